The molecule has 0 aliphatic carbocycles. The highest BCUT2D eigenvalue weighted by Gasteiger charge is 2.04. The summed E-state index contributed by atoms with van der Waals surface area (Å²) in [5, 5.41) is 0. The van der Waals surface area contributed by atoms with Crippen molar-refractivity contribution in [2.24, 2.45) is 4.99 Å². The number of nitrogens with zero attached hydrogens (tertiary/aromatic N) is 1. The van der Waals surface area contributed by atoms with Crippen LogP contribution in [0.3, 0.4) is 0 Å². The van der Waals surface area contributed by atoms with E-state index in [1.165, 1.54) is 7.11 Å². The van der Waals surface area contributed by atoms with Gasteiger partial charge in [0.25, 0.3) is 0 Å². The van der Waals surface area contributed by atoms with E-state index in [2.05, 4.69) is 9.73 Å². The Bertz CT molecular complexity index is 562. The smallest absolute Gasteiger partial charge is 0.337 e. The van der Waals surface area contributed by atoms with Gasteiger partial charge in [-0.05, 0) is 29.8 Å². The first-order valence-electron chi connectivity index (χ1n) is 5.57. The number of carbonyl (C=O) groups is 1. The van der Waals surface area contributed by atoms with Crippen LogP contribution in [-0.2, 0) is 4.74 Å². The molecule has 3 heteroatoms. The maximum atomic E-state index is 11.4. The predicted octanol–water partition coefficient (Wildman–Crippen LogP) is 3.22. The minimum absolute atomic E-state index is 0.343. The molecule has 0 atom stereocenters. The van der Waals surface area contributed by atoms with E-state index < -0.39 is 0 Å². The molecular weight excluding hydrogens is 226 g/mol. The first-order valence-corrected chi connectivity index (χ1v) is 5.57. The van der Waals surface area contributed by atoms with Crippen LogP contribution in [0, 0.1) is 0 Å². The molecule has 0 aliphatic rings. The van der Waals surface area contributed by atoms with Crippen LogP contribution in [0.5, 0.6) is 0 Å². The topological polar surface area (TPSA) is 38.7 Å². The van der Waals surface area contributed by atoms with Crippen LogP contribution in [0.1, 0.15) is 15.9 Å². The normalized spacial score (nSPS) is 10.5. The third kappa shape index (κ3) is 3.04. The molecule has 0 saturated carbocycles. The Labute approximate surface area is 106 Å². The van der Waals surface area contributed by atoms with Crippen LogP contribution in [0.15, 0.2) is 59.6 Å². The summed E-state index contributed by atoms with van der Waals surface area (Å²) in [6, 6.07) is 16.8. The molecule has 0 spiro atoms. The molecule has 0 aliphatic heterocycles. The lowest BCUT2D eigenvalue weighted by Gasteiger charge is -1.99. The van der Waals surface area contributed by atoms with Crippen molar-refractivity contribution in [2.45, 2.75) is 0 Å². The molecule has 18 heavy (non-hydrogen) atoms. The van der Waals surface area contributed by atoms with Gasteiger partial charge in [-0.15, -0.1) is 0 Å². The lowest BCUT2D eigenvalue weighted by molar-refractivity contribution is 0.0600. The maximum absolute atomic E-state index is 11.4. The first kappa shape index (κ1) is 12.0. The summed E-state index contributed by atoms with van der Waals surface area (Å²) in [4.78, 5) is 15.7. The van der Waals surface area contributed by atoms with E-state index in [4.69, 9.17) is 0 Å². The third-order valence-electron chi connectivity index (χ3n) is 2.43. The van der Waals surface area contributed by atoms with Crippen LogP contribution in [0.4, 0.5) is 5.69 Å². The molecular formula is C15H13NO2. The third-order valence-corrected chi connectivity index (χ3v) is 2.43. The van der Waals surface area contributed by atoms with Crippen molar-refractivity contribution in [3.05, 3.63) is 65.7 Å². The molecule has 90 valence electrons. The van der Waals surface area contributed by atoms with Gasteiger partial charge in [0.15, 0.2) is 0 Å². The lowest BCUT2D eigenvalue weighted by atomic mass is 10.1. The zero-order valence-electron chi connectivity index (χ0n) is 10.0. The average molecular weight is 239 g/mol. The van der Waals surface area contributed by atoms with Gasteiger partial charge in [-0.2, -0.15) is 0 Å². The highest BCUT2D eigenvalue weighted by molar-refractivity contribution is 5.92. The van der Waals surface area contributed by atoms with Gasteiger partial charge in [0.2, 0.25) is 0 Å². The van der Waals surface area contributed by atoms with E-state index in [0.29, 0.717) is 5.56 Å². The van der Waals surface area contributed by atoms with E-state index >= 15 is 0 Å². The number of methoxy groups -OCH3 is 1. The highest BCUT2D eigenvalue weighted by Crippen LogP contribution is 2.11. The number of para-hydroxylation sites is 1. The number of hydrogen-bond donors (Lipinski definition) is 0. The Morgan fingerprint density at radius 1 is 1.11 bits per heavy atom. The van der Waals surface area contributed by atoms with Crippen LogP contribution in [0.2, 0.25) is 0 Å². The number of rotatable bonds is 3. The summed E-state index contributed by atoms with van der Waals surface area (Å²) in [6.45, 7) is 0. The highest BCUT2D eigenvalue weighted by atomic mass is 16.5. The molecule has 0 fully saturated rings. The molecule has 3 nitrogen and oxygen atoms in total. The van der Waals surface area contributed by atoms with Gasteiger partial charge >= 0.3 is 5.97 Å². The summed E-state index contributed by atoms with van der Waals surface area (Å²) in [5.74, 6) is -0.343. The number of esters is 1. The van der Waals surface area contributed by atoms with Crippen molar-refractivity contribution in [3.63, 3.8) is 0 Å². The molecule has 0 bridgehead atoms. The molecule has 0 heterocycles. The van der Waals surface area contributed by atoms with Gasteiger partial charge in [-0.25, -0.2) is 4.79 Å². The monoisotopic (exact) mass is 239 g/mol. The summed E-state index contributed by atoms with van der Waals surface area (Å²) in [5.41, 5.74) is 2.26. The quantitative estimate of drug-likeness (QED) is 0.609. The zero-order chi connectivity index (χ0) is 12.8. The van der Waals surface area contributed by atoms with Crippen molar-refractivity contribution >= 4 is 17.9 Å². The van der Waals surface area contributed by atoms with Gasteiger partial charge in [0.05, 0.1) is 18.4 Å². The summed E-state index contributed by atoms with van der Waals surface area (Å²) in [7, 11) is 1.37. The summed E-state index contributed by atoms with van der Waals surface area (Å²) >= 11 is 0. The zero-order valence-corrected chi connectivity index (χ0v) is 10.0. The molecule has 0 unspecified atom stereocenters. The second kappa shape index (κ2) is 5.77. The second-order valence-electron chi connectivity index (χ2n) is 3.71. The van der Waals surface area contributed by atoms with E-state index in [1.807, 2.05) is 36.4 Å². The van der Waals surface area contributed by atoms with Gasteiger partial charge in [0.1, 0.15) is 0 Å². The Hall–Kier alpha value is -2.42. The number of carbonyl (C=O) groups excluding carboxylic acids is 1. The number of aliphatic imine (C=N–C) groups is 1. The van der Waals surface area contributed by atoms with Crippen molar-refractivity contribution < 1.29 is 9.53 Å². The van der Waals surface area contributed by atoms with Crippen molar-refractivity contribution in [2.75, 3.05) is 7.11 Å². The van der Waals surface area contributed by atoms with Crippen molar-refractivity contribution in [3.8, 4) is 0 Å². The van der Waals surface area contributed by atoms with Crippen LogP contribution in [-0.4, -0.2) is 19.3 Å². The summed E-state index contributed by atoms with van der Waals surface area (Å²) in [6.07, 6.45) is 1.72. The summed E-state index contributed by atoms with van der Waals surface area (Å²) < 4.78 is 4.67. The van der Waals surface area contributed by atoms with Crippen LogP contribution >= 0.6 is 0 Å². The average Bonchev–Trinajstić information content (AvgIpc) is 2.45. The Morgan fingerprint density at radius 3 is 2.61 bits per heavy atom. The molecule has 0 radical (unpaired) electrons. The molecule has 0 aromatic heterocycles. The molecule has 2 aromatic carbocycles. The Morgan fingerprint density at radius 2 is 1.89 bits per heavy atom. The van der Waals surface area contributed by atoms with Gasteiger partial charge in [-0.1, -0.05) is 30.3 Å². The minimum atomic E-state index is -0.343. The molecule has 2 aromatic rings. The first-order chi connectivity index (χ1) is 8.79. The Kier molecular flexibility index (Phi) is 3.86. The molecule has 2 rings (SSSR count). The fourth-order valence-electron chi connectivity index (χ4n) is 1.53. The number of hydrogen-bond acceptors (Lipinski definition) is 3. The van der Waals surface area contributed by atoms with E-state index in [1.54, 1.807) is 24.4 Å². The van der Waals surface area contributed by atoms with E-state index in [0.717, 1.165) is 11.3 Å². The standard InChI is InChI=1S/C15H13NO2/c1-18-15(17)13-7-5-6-12(10-13)11-16-14-8-3-2-4-9-14/h2-11H,1H3/b16-11-. The SMILES string of the molecule is COC(=O)c1cccc(/C=N\c2ccccc2)c1. The molecule has 0 saturated heterocycles. The predicted molar refractivity (Wildman–Crippen MR) is 71.5 cm³/mol. The van der Waals surface area contributed by atoms with Crippen LogP contribution in [0.25, 0.3) is 0 Å². The number of benzene rings is 2. The fraction of sp³-hybridized carbons (Fsp3) is 0.0667. The van der Waals surface area contributed by atoms with Gasteiger partial charge < -0.3 is 4.74 Å². The molecule has 0 amide bonds. The van der Waals surface area contributed by atoms with Crippen molar-refractivity contribution in [1.29, 1.82) is 0 Å². The van der Waals surface area contributed by atoms with Gasteiger partial charge in [0, 0.05) is 6.21 Å². The fourth-order valence-corrected chi connectivity index (χ4v) is 1.53. The van der Waals surface area contributed by atoms with E-state index in [-0.39, 0.29) is 5.97 Å². The molecule has 0 N–H and O–H groups in total. The van der Waals surface area contributed by atoms with Crippen molar-refractivity contribution in [1.82, 2.24) is 0 Å². The van der Waals surface area contributed by atoms with E-state index in [9.17, 15) is 4.79 Å². The number of ether oxygens (including phenoxy) is 1. The minimum Gasteiger partial charge on any atom is -0.465 e. The van der Waals surface area contributed by atoms with Crippen LogP contribution < -0.4 is 0 Å². The second-order valence-corrected chi connectivity index (χ2v) is 3.71. The maximum Gasteiger partial charge on any atom is 0.337 e. The lowest BCUT2D eigenvalue weighted by Crippen LogP contribution is -2.01. The largest absolute Gasteiger partial charge is 0.465 e. The van der Waals surface area contributed by atoms with Gasteiger partial charge in [-0.3, -0.25) is 4.99 Å². The Balaban J connectivity index is 2.20.